The number of hydrazine groups is 1. The van der Waals surface area contributed by atoms with Crippen molar-refractivity contribution in [2.45, 2.75) is 40.2 Å². The highest BCUT2D eigenvalue weighted by molar-refractivity contribution is 8.05. The lowest BCUT2D eigenvalue weighted by molar-refractivity contribution is -0.0550. The second-order valence-electron chi connectivity index (χ2n) is 5.36. The number of sulfone groups is 1. The molecule has 0 aliphatic rings. The molecule has 0 saturated carbocycles. The summed E-state index contributed by atoms with van der Waals surface area (Å²) in [4.78, 5) is 0. The highest BCUT2D eigenvalue weighted by Gasteiger charge is 2.24. The van der Waals surface area contributed by atoms with E-state index in [2.05, 4.69) is 13.8 Å². The molecule has 0 spiro atoms. The Labute approximate surface area is 117 Å². The Morgan fingerprint density at radius 3 is 2.16 bits per heavy atom. The van der Waals surface area contributed by atoms with Gasteiger partial charge in [-0.05, 0) is 26.2 Å². The predicted molar refractivity (Wildman–Crippen MR) is 77.6 cm³/mol. The van der Waals surface area contributed by atoms with E-state index < -0.39 is 15.0 Å². The molecule has 0 heterocycles. The summed E-state index contributed by atoms with van der Waals surface area (Å²) in [6.07, 6.45) is 1.94. The van der Waals surface area contributed by atoms with Crippen molar-refractivity contribution in [2.75, 3.05) is 26.6 Å². The molecule has 0 aliphatic heterocycles. The van der Waals surface area contributed by atoms with Gasteiger partial charge in [0.05, 0.1) is 0 Å². The lowest BCUT2D eigenvalue weighted by atomic mass is 10.1. The molecule has 1 N–H and O–H groups in total. The van der Waals surface area contributed by atoms with Crippen molar-refractivity contribution in [1.29, 1.82) is 5.41 Å². The van der Waals surface area contributed by atoms with E-state index in [-0.39, 0.29) is 12.8 Å². The maximum Gasteiger partial charge on any atom is 0.232 e. The standard InChI is InChI=1S/C12H27N3O3S/c1-10(2)7-8-18-9-15(14(5)11(3)4)12(13)19(6,16)17/h10-11,13H,7-9H2,1-6H3. The number of amidine groups is 1. The second kappa shape index (κ2) is 7.81. The Bertz CT molecular complexity index is 380. The summed E-state index contributed by atoms with van der Waals surface area (Å²) in [6, 6.07) is 0.0794. The summed E-state index contributed by atoms with van der Waals surface area (Å²) >= 11 is 0. The van der Waals surface area contributed by atoms with E-state index in [0.29, 0.717) is 12.5 Å². The van der Waals surface area contributed by atoms with Gasteiger partial charge in [0.2, 0.25) is 15.0 Å². The monoisotopic (exact) mass is 293 g/mol. The quantitative estimate of drug-likeness (QED) is 0.253. The van der Waals surface area contributed by atoms with Crippen molar-refractivity contribution in [1.82, 2.24) is 10.0 Å². The largest absolute Gasteiger partial charge is 0.360 e. The second-order valence-corrected chi connectivity index (χ2v) is 7.30. The average Bonchev–Trinajstić information content (AvgIpc) is 2.25. The van der Waals surface area contributed by atoms with E-state index in [1.54, 1.807) is 12.1 Å². The molecular formula is C12H27N3O3S. The number of ether oxygens (including phenoxy) is 1. The number of nitrogens with one attached hydrogen (secondary N) is 1. The number of hydrogen-bond donors (Lipinski definition) is 1. The molecule has 0 aliphatic carbocycles. The normalized spacial score (nSPS) is 12.5. The third kappa shape index (κ3) is 6.89. The number of nitrogens with zero attached hydrogens (tertiary/aromatic N) is 2. The molecule has 0 aromatic carbocycles. The highest BCUT2D eigenvalue weighted by Crippen LogP contribution is 2.07. The first-order valence-electron chi connectivity index (χ1n) is 6.44. The van der Waals surface area contributed by atoms with Gasteiger partial charge in [-0.25, -0.2) is 13.4 Å². The van der Waals surface area contributed by atoms with E-state index in [9.17, 15) is 8.42 Å². The van der Waals surface area contributed by atoms with Crippen LogP contribution in [0.15, 0.2) is 0 Å². The fourth-order valence-corrected chi connectivity index (χ4v) is 1.80. The summed E-state index contributed by atoms with van der Waals surface area (Å²) < 4.78 is 28.5. The van der Waals surface area contributed by atoms with Crippen LogP contribution in [0.2, 0.25) is 0 Å². The van der Waals surface area contributed by atoms with Crippen molar-refractivity contribution in [3.63, 3.8) is 0 Å². The molecule has 6 nitrogen and oxygen atoms in total. The van der Waals surface area contributed by atoms with Gasteiger partial charge in [-0.1, -0.05) is 13.8 Å². The van der Waals surface area contributed by atoms with Crippen molar-refractivity contribution in [3.8, 4) is 0 Å². The molecule has 19 heavy (non-hydrogen) atoms. The molecule has 0 bridgehead atoms. The number of hydrogen-bond acceptors (Lipinski definition) is 5. The SMILES string of the molecule is CC(C)CCOCN(C(=N)S(C)(=O)=O)N(C)C(C)C. The zero-order chi connectivity index (χ0) is 15.2. The third-order valence-corrected chi connectivity index (χ3v) is 3.68. The van der Waals surface area contributed by atoms with E-state index >= 15 is 0 Å². The first kappa shape index (κ1) is 18.3. The molecular weight excluding hydrogens is 266 g/mol. The van der Waals surface area contributed by atoms with Gasteiger partial charge in [-0.2, -0.15) is 0 Å². The fraction of sp³-hybridized carbons (Fsp3) is 0.917. The van der Waals surface area contributed by atoms with Crippen molar-refractivity contribution < 1.29 is 13.2 Å². The molecule has 0 atom stereocenters. The Hall–Kier alpha value is -0.660. The molecule has 0 amide bonds. The van der Waals surface area contributed by atoms with Crippen LogP contribution in [0.1, 0.15) is 34.1 Å². The van der Waals surface area contributed by atoms with Crippen LogP contribution in [0.3, 0.4) is 0 Å². The van der Waals surface area contributed by atoms with Gasteiger partial charge in [0.15, 0.2) is 0 Å². The van der Waals surface area contributed by atoms with E-state index in [1.165, 1.54) is 5.01 Å². The molecule has 0 fully saturated rings. The van der Waals surface area contributed by atoms with Crippen LogP contribution in [0.5, 0.6) is 0 Å². The Kier molecular flexibility index (Phi) is 7.54. The van der Waals surface area contributed by atoms with Gasteiger partial charge in [0, 0.05) is 26.0 Å². The Balaban J connectivity index is 4.66. The van der Waals surface area contributed by atoms with Gasteiger partial charge in [-0.15, -0.1) is 0 Å². The van der Waals surface area contributed by atoms with Crippen LogP contribution in [0.25, 0.3) is 0 Å². The van der Waals surface area contributed by atoms with Crippen molar-refractivity contribution >= 4 is 15.0 Å². The Morgan fingerprint density at radius 2 is 1.79 bits per heavy atom. The summed E-state index contributed by atoms with van der Waals surface area (Å²) in [5.74, 6) is 0.533. The molecule has 7 heteroatoms. The van der Waals surface area contributed by atoms with E-state index in [4.69, 9.17) is 10.1 Å². The summed E-state index contributed by atoms with van der Waals surface area (Å²) in [5, 5.41) is 10.4. The minimum absolute atomic E-state index is 0.0767. The zero-order valence-electron chi connectivity index (χ0n) is 12.8. The summed E-state index contributed by atoms with van der Waals surface area (Å²) in [7, 11) is -1.80. The van der Waals surface area contributed by atoms with Crippen LogP contribution in [-0.2, 0) is 14.6 Å². The molecule has 0 unspecified atom stereocenters. The molecule has 114 valence electrons. The average molecular weight is 293 g/mol. The smallest absolute Gasteiger partial charge is 0.232 e. The topological polar surface area (TPSA) is 73.7 Å². The summed E-state index contributed by atoms with van der Waals surface area (Å²) in [5.41, 5.74) is 0. The van der Waals surface area contributed by atoms with Crippen LogP contribution in [0.4, 0.5) is 0 Å². The third-order valence-electron chi connectivity index (χ3n) is 2.77. The van der Waals surface area contributed by atoms with Crippen LogP contribution in [-0.4, -0.2) is 56.3 Å². The van der Waals surface area contributed by atoms with Crippen molar-refractivity contribution in [2.24, 2.45) is 5.92 Å². The Morgan fingerprint density at radius 1 is 1.26 bits per heavy atom. The van der Waals surface area contributed by atoms with Crippen molar-refractivity contribution in [3.05, 3.63) is 0 Å². The first-order valence-corrected chi connectivity index (χ1v) is 8.33. The van der Waals surface area contributed by atoms with Gasteiger partial charge >= 0.3 is 0 Å². The van der Waals surface area contributed by atoms with E-state index in [1.807, 2.05) is 13.8 Å². The summed E-state index contributed by atoms with van der Waals surface area (Å²) in [6.45, 7) is 8.68. The highest BCUT2D eigenvalue weighted by atomic mass is 32.2. The predicted octanol–water partition coefficient (Wildman–Crippen LogP) is 1.54. The van der Waals surface area contributed by atoms with Gasteiger partial charge in [0.25, 0.3) is 0 Å². The molecule has 0 rings (SSSR count). The molecule has 0 radical (unpaired) electrons. The first-order chi connectivity index (χ1) is 8.57. The van der Waals surface area contributed by atoms with Crippen LogP contribution < -0.4 is 0 Å². The van der Waals surface area contributed by atoms with Gasteiger partial charge in [-0.3, -0.25) is 10.4 Å². The number of rotatable bonds is 7. The minimum Gasteiger partial charge on any atom is -0.360 e. The van der Waals surface area contributed by atoms with Crippen LogP contribution in [0, 0.1) is 11.3 Å². The van der Waals surface area contributed by atoms with E-state index in [0.717, 1.165) is 12.7 Å². The maximum atomic E-state index is 11.5. The molecule has 0 aromatic heterocycles. The zero-order valence-corrected chi connectivity index (χ0v) is 13.6. The lowest BCUT2D eigenvalue weighted by Crippen LogP contribution is -2.50. The molecule has 0 aromatic rings. The lowest BCUT2D eigenvalue weighted by Gasteiger charge is -2.35. The van der Waals surface area contributed by atoms with Crippen LogP contribution >= 0.6 is 0 Å². The minimum atomic E-state index is -3.55. The van der Waals surface area contributed by atoms with Gasteiger partial charge in [0.1, 0.15) is 6.73 Å². The molecule has 0 saturated heterocycles. The van der Waals surface area contributed by atoms with Gasteiger partial charge < -0.3 is 4.74 Å². The maximum absolute atomic E-state index is 11.5. The fourth-order valence-electron chi connectivity index (χ4n) is 1.23.